The quantitative estimate of drug-likeness (QED) is 0.928. The van der Waals surface area contributed by atoms with E-state index in [0.29, 0.717) is 6.54 Å². The van der Waals surface area contributed by atoms with Crippen LogP contribution in [-0.2, 0) is 11.3 Å². The molecular formula is C16H17NO3. The summed E-state index contributed by atoms with van der Waals surface area (Å²) in [6, 6.07) is 15.8. The molecule has 0 saturated carbocycles. The summed E-state index contributed by atoms with van der Waals surface area (Å²) < 4.78 is 9.78. The van der Waals surface area contributed by atoms with Gasteiger partial charge >= 0.3 is 6.09 Å². The number of hydrogen-bond donors (Lipinski definition) is 1. The molecule has 0 heterocycles. The second-order valence-corrected chi connectivity index (χ2v) is 4.28. The van der Waals surface area contributed by atoms with Crippen LogP contribution in [-0.4, -0.2) is 20.3 Å². The molecule has 0 bridgehead atoms. The Morgan fingerprint density at radius 3 is 2.45 bits per heavy atom. The second kappa shape index (κ2) is 6.61. The van der Waals surface area contributed by atoms with Gasteiger partial charge in [0.1, 0.15) is 5.75 Å². The number of hydrogen-bond acceptors (Lipinski definition) is 3. The van der Waals surface area contributed by atoms with Gasteiger partial charge in [-0.25, -0.2) is 4.79 Å². The molecule has 0 aliphatic heterocycles. The molecule has 2 aromatic carbocycles. The van der Waals surface area contributed by atoms with Gasteiger partial charge in [-0.05, 0) is 34.9 Å². The molecule has 0 aromatic heterocycles. The molecule has 0 atom stereocenters. The van der Waals surface area contributed by atoms with Crippen LogP contribution in [0.25, 0.3) is 11.1 Å². The molecule has 0 unspecified atom stereocenters. The minimum atomic E-state index is -0.434. The van der Waals surface area contributed by atoms with Gasteiger partial charge < -0.3 is 14.8 Å². The number of benzene rings is 2. The first-order valence-electron chi connectivity index (χ1n) is 6.28. The molecule has 0 saturated heterocycles. The normalized spacial score (nSPS) is 9.90. The van der Waals surface area contributed by atoms with Crippen molar-refractivity contribution in [3.05, 3.63) is 54.1 Å². The van der Waals surface area contributed by atoms with Gasteiger partial charge in [-0.3, -0.25) is 0 Å². The van der Waals surface area contributed by atoms with Crippen LogP contribution in [0.15, 0.2) is 48.5 Å². The average molecular weight is 271 g/mol. The fourth-order valence-corrected chi connectivity index (χ4v) is 1.91. The summed E-state index contributed by atoms with van der Waals surface area (Å²) in [5, 5.41) is 2.66. The van der Waals surface area contributed by atoms with Gasteiger partial charge in [0, 0.05) is 6.54 Å². The number of methoxy groups -OCH3 is 2. The first-order chi connectivity index (χ1) is 9.72. The monoisotopic (exact) mass is 271 g/mol. The number of carbonyl (C=O) groups is 1. The third-order valence-corrected chi connectivity index (χ3v) is 2.95. The zero-order valence-electron chi connectivity index (χ0n) is 11.6. The van der Waals surface area contributed by atoms with Crippen LogP contribution >= 0.6 is 0 Å². The molecule has 0 aliphatic rings. The topological polar surface area (TPSA) is 47.6 Å². The Bertz CT molecular complexity index is 596. The summed E-state index contributed by atoms with van der Waals surface area (Å²) >= 11 is 0. The molecular weight excluding hydrogens is 254 g/mol. The van der Waals surface area contributed by atoms with E-state index in [4.69, 9.17) is 4.74 Å². The molecule has 2 rings (SSSR count). The molecule has 0 spiro atoms. The van der Waals surface area contributed by atoms with Crippen LogP contribution in [0, 0.1) is 0 Å². The minimum Gasteiger partial charge on any atom is -0.497 e. The summed E-state index contributed by atoms with van der Waals surface area (Å²) in [5.74, 6) is 0.820. The predicted molar refractivity (Wildman–Crippen MR) is 77.7 cm³/mol. The predicted octanol–water partition coefficient (Wildman–Crippen LogP) is 3.22. The lowest BCUT2D eigenvalue weighted by Gasteiger charge is -2.08. The number of alkyl carbamates (subject to hydrolysis) is 1. The van der Waals surface area contributed by atoms with E-state index in [2.05, 4.69) is 10.1 Å². The van der Waals surface area contributed by atoms with Crippen LogP contribution in [0.5, 0.6) is 5.75 Å². The zero-order chi connectivity index (χ0) is 14.4. The Balaban J connectivity index is 2.18. The second-order valence-electron chi connectivity index (χ2n) is 4.28. The smallest absolute Gasteiger partial charge is 0.407 e. The third kappa shape index (κ3) is 3.51. The number of amides is 1. The van der Waals surface area contributed by atoms with Crippen LogP contribution < -0.4 is 10.1 Å². The summed E-state index contributed by atoms with van der Waals surface area (Å²) in [4.78, 5) is 11.1. The molecule has 104 valence electrons. The van der Waals surface area contributed by atoms with Crippen molar-refractivity contribution in [1.29, 1.82) is 0 Å². The third-order valence-electron chi connectivity index (χ3n) is 2.95. The van der Waals surface area contributed by atoms with E-state index in [-0.39, 0.29) is 0 Å². The van der Waals surface area contributed by atoms with Crippen molar-refractivity contribution < 1.29 is 14.3 Å². The molecule has 0 radical (unpaired) electrons. The molecule has 1 amide bonds. The Kier molecular flexibility index (Phi) is 4.60. The average Bonchev–Trinajstić information content (AvgIpc) is 2.53. The molecule has 4 heteroatoms. The Hall–Kier alpha value is -2.49. The zero-order valence-corrected chi connectivity index (χ0v) is 11.6. The molecule has 0 aliphatic carbocycles. The Labute approximate surface area is 118 Å². The van der Waals surface area contributed by atoms with Gasteiger partial charge in [-0.1, -0.05) is 30.3 Å². The van der Waals surface area contributed by atoms with Crippen LogP contribution in [0.1, 0.15) is 5.56 Å². The van der Waals surface area contributed by atoms with Crippen molar-refractivity contribution in [2.75, 3.05) is 14.2 Å². The van der Waals surface area contributed by atoms with E-state index in [9.17, 15) is 4.79 Å². The largest absolute Gasteiger partial charge is 0.497 e. The lowest BCUT2D eigenvalue weighted by Crippen LogP contribution is -2.22. The molecule has 0 fully saturated rings. The first kappa shape index (κ1) is 13.9. The highest BCUT2D eigenvalue weighted by molar-refractivity contribution is 5.68. The maximum atomic E-state index is 11.1. The Morgan fingerprint density at radius 2 is 1.75 bits per heavy atom. The lowest BCUT2D eigenvalue weighted by molar-refractivity contribution is 0.170. The van der Waals surface area contributed by atoms with Crippen molar-refractivity contribution in [2.45, 2.75) is 6.54 Å². The van der Waals surface area contributed by atoms with Gasteiger partial charge in [0.15, 0.2) is 0 Å². The summed E-state index contributed by atoms with van der Waals surface area (Å²) in [6.45, 7) is 0.435. The maximum absolute atomic E-state index is 11.1. The van der Waals surface area contributed by atoms with E-state index in [1.54, 1.807) is 7.11 Å². The fourth-order valence-electron chi connectivity index (χ4n) is 1.91. The maximum Gasteiger partial charge on any atom is 0.407 e. The number of rotatable bonds is 4. The highest BCUT2D eigenvalue weighted by Gasteiger charge is 2.03. The van der Waals surface area contributed by atoms with Crippen LogP contribution in [0.4, 0.5) is 4.79 Å². The van der Waals surface area contributed by atoms with Gasteiger partial charge in [-0.2, -0.15) is 0 Å². The van der Waals surface area contributed by atoms with Gasteiger partial charge in [0.05, 0.1) is 14.2 Å². The van der Waals surface area contributed by atoms with Crippen molar-refractivity contribution in [2.24, 2.45) is 0 Å². The molecule has 2 aromatic rings. The van der Waals surface area contributed by atoms with Gasteiger partial charge in [-0.15, -0.1) is 0 Å². The van der Waals surface area contributed by atoms with E-state index in [1.165, 1.54) is 7.11 Å². The SMILES string of the molecule is COC(=O)NCc1cccc(-c2cccc(OC)c2)c1. The van der Waals surface area contributed by atoms with E-state index < -0.39 is 6.09 Å². The van der Waals surface area contributed by atoms with Crippen molar-refractivity contribution in [3.63, 3.8) is 0 Å². The van der Waals surface area contributed by atoms with Crippen LogP contribution in [0.2, 0.25) is 0 Å². The van der Waals surface area contributed by atoms with Crippen molar-refractivity contribution >= 4 is 6.09 Å². The first-order valence-corrected chi connectivity index (χ1v) is 6.28. The standard InChI is InChI=1S/C16H17NO3/c1-19-15-8-4-7-14(10-15)13-6-3-5-12(9-13)11-17-16(18)20-2/h3-10H,11H2,1-2H3,(H,17,18). The number of nitrogens with one attached hydrogen (secondary N) is 1. The number of ether oxygens (including phenoxy) is 2. The molecule has 1 N–H and O–H groups in total. The van der Waals surface area contributed by atoms with Gasteiger partial charge in [0.2, 0.25) is 0 Å². The van der Waals surface area contributed by atoms with Gasteiger partial charge in [0.25, 0.3) is 0 Å². The summed E-state index contributed by atoms with van der Waals surface area (Å²) in [6.07, 6.45) is -0.434. The van der Waals surface area contributed by atoms with Crippen LogP contribution in [0.3, 0.4) is 0 Å². The summed E-state index contributed by atoms with van der Waals surface area (Å²) in [7, 11) is 3.00. The fraction of sp³-hybridized carbons (Fsp3) is 0.188. The van der Waals surface area contributed by atoms with Crippen molar-refractivity contribution in [3.8, 4) is 16.9 Å². The minimum absolute atomic E-state index is 0.434. The van der Waals surface area contributed by atoms with E-state index in [0.717, 1.165) is 22.4 Å². The summed E-state index contributed by atoms with van der Waals surface area (Å²) in [5.41, 5.74) is 3.16. The molecule has 20 heavy (non-hydrogen) atoms. The molecule has 4 nitrogen and oxygen atoms in total. The highest BCUT2D eigenvalue weighted by Crippen LogP contribution is 2.24. The van der Waals surface area contributed by atoms with E-state index >= 15 is 0 Å². The number of carbonyl (C=O) groups excluding carboxylic acids is 1. The Morgan fingerprint density at radius 1 is 1.05 bits per heavy atom. The van der Waals surface area contributed by atoms with E-state index in [1.807, 2.05) is 48.5 Å². The van der Waals surface area contributed by atoms with Crippen molar-refractivity contribution in [1.82, 2.24) is 5.32 Å². The lowest BCUT2D eigenvalue weighted by atomic mass is 10.0. The highest BCUT2D eigenvalue weighted by atomic mass is 16.5.